The van der Waals surface area contributed by atoms with Gasteiger partial charge < -0.3 is 21.1 Å². The molecule has 114 valence electrons. The van der Waals surface area contributed by atoms with E-state index in [9.17, 15) is 14.9 Å². The molecule has 10 heteroatoms. The van der Waals surface area contributed by atoms with Crippen LogP contribution in [0.4, 0.5) is 17.3 Å². The molecule has 2 heterocycles. The van der Waals surface area contributed by atoms with Gasteiger partial charge in [0, 0.05) is 4.92 Å². The van der Waals surface area contributed by atoms with Crippen LogP contribution in [0.1, 0.15) is 6.92 Å². The van der Waals surface area contributed by atoms with Gasteiger partial charge in [0.1, 0.15) is 11.9 Å². The van der Waals surface area contributed by atoms with Gasteiger partial charge in [-0.1, -0.05) is 0 Å². The fraction of sp³-hybridized carbons (Fsp3) is 0.455. The summed E-state index contributed by atoms with van der Waals surface area (Å²) in [7, 11) is 1.25. The lowest BCUT2D eigenvalue weighted by atomic mass is 10.2. The van der Waals surface area contributed by atoms with E-state index in [2.05, 4.69) is 25.7 Å². The standard InChI is InChI=1S/C11H16N6O4/c1-5(11(18)21-2)13-9-10(17(19)20)14-6-3-4-7(12)15-8(6)16-9/h3-5,9-10,13-14H,1-2H3,(H3,12,15,16)/t5-,9?,10?/m0/s1. The summed E-state index contributed by atoms with van der Waals surface area (Å²) in [6.07, 6.45) is -2.02. The molecular weight excluding hydrogens is 280 g/mol. The third-order valence-corrected chi connectivity index (χ3v) is 3.04. The van der Waals surface area contributed by atoms with Gasteiger partial charge in [-0.25, -0.2) is 4.98 Å². The number of hydrogen-bond acceptors (Lipinski definition) is 9. The molecule has 1 aromatic heterocycles. The highest BCUT2D eigenvalue weighted by atomic mass is 16.6. The lowest BCUT2D eigenvalue weighted by Crippen LogP contribution is -2.59. The molecule has 2 rings (SSSR count). The minimum absolute atomic E-state index is 0.280. The van der Waals surface area contributed by atoms with Crippen molar-refractivity contribution in [1.29, 1.82) is 0 Å². The number of esters is 1. The van der Waals surface area contributed by atoms with E-state index in [0.29, 0.717) is 11.5 Å². The number of hydrogen-bond donors (Lipinski definition) is 4. The fourth-order valence-corrected chi connectivity index (χ4v) is 1.99. The number of fused-ring (bicyclic) bond motifs is 1. The van der Waals surface area contributed by atoms with E-state index in [-0.39, 0.29) is 5.82 Å². The van der Waals surface area contributed by atoms with Crippen molar-refractivity contribution in [3.63, 3.8) is 0 Å². The first-order chi connectivity index (χ1) is 9.92. The van der Waals surface area contributed by atoms with Crippen LogP contribution in [0.15, 0.2) is 12.1 Å². The average Bonchev–Trinajstić information content (AvgIpc) is 2.45. The van der Waals surface area contributed by atoms with Gasteiger partial charge in [0.25, 0.3) is 0 Å². The molecule has 0 saturated heterocycles. The zero-order valence-corrected chi connectivity index (χ0v) is 11.5. The quantitative estimate of drug-likeness (QED) is 0.330. The van der Waals surface area contributed by atoms with E-state index in [1.807, 2.05) is 0 Å². The Morgan fingerprint density at radius 2 is 2.29 bits per heavy atom. The highest BCUT2D eigenvalue weighted by Crippen LogP contribution is 2.27. The van der Waals surface area contributed by atoms with Crippen molar-refractivity contribution >= 4 is 23.3 Å². The van der Waals surface area contributed by atoms with Crippen LogP contribution < -0.4 is 21.7 Å². The van der Waals surface area contributed by atoms with E-state index in [1.165, 1.54) is 13.2 Å². The molecule has 0 aliphatic carbocycles. The molecule has 2 unspecified atom stereocenters. The highest BCUT2D eigenvalue weighted by molar-refractivity contribution is 5.75. The van der Waals surface area contributed by atoms with Crippen molar-refractivity contribution in [2.24, 2.45) is 0 Å². The maximum absolute atomic E-state index is 11.4. The number of anilines is 3. The summed E-state index contributed by atoms with van der Waals surface area (Å²) in [4.78, 5) is 26.2. The highest BCUT2D eigenvalue weighted by Gasteiger charge is 2.38. The van der Waals surface area contributed by atoms with E-state index in [4.69, 9.17) is 5.73 Å². The first-order valence-electron chi connectivity index (χ1n) is 6.19. The normalized spacial score (nSPS) is 21.4. The first kappa shape index (κ1) is 14.8. The fourth-order valence-electron chi connectivity index (χ4n) is 1.99. The van der Waals surface area contributed by atoms with Crippen molar-refractivity contribution in [2.45, 2.75) is 25.3 Å². The van der Waals surface area contributed by atoms with Gasteiger partial charge in [-0.05, 0) is 19.1 Å². The Balaban J connectivity index is 2.22. The second-order valence-electron chi connectivity index (χ2n) is 4.54. The van der Waals surface area contributed by atoms with Crippen LogP contribution in [0.2, 0.25) is 0 Å². The summed E-state index contributed by atoms with van der Waals surface area (Å²) in [5.41, 5.74) is 6.05. The van der Waals surface area contributed by atoms with Crippen molar-refractivity contribution in [3.8, 4) is 0 Å². The van der Waals surface area contributed by atoms with Crippen LogP contribution in [0.25, 0.3) is 0 Å². The average molecular weight is 296 g/mol. The van der Waals surface area contributed by atoms with Crippen LogP contribution >= 0.6 is 0 Å². The minimum atomic E-state index is -1.17. The van der Waals surface area contributed by atoms with Gasteiger partial charge in [0.15, 0.2) is 12.0 Å². The van der Waals surface area contributed by atoms with Gasteiger partial charge in [-0.15, -0.1) is 0 Å². The molecule has 1 aliphatic rings. The Morgan fingerprint density at radius 3 is 2.90 bits per heavy atom. The van der Waals surface area contributed by atoms with Gasteiger partial charge in [-0.3, -0.25) is 20.2 Å². The SMILES string of the molecule is COC(=O)[C@H](C)NC1Nc2nc(N)ccc2NC1[N+](=O)[O-]. The predicted octanol–water partition coefficient (Wildman–Crippen LogP) is -0.419. The number of nitro groups is 1. The third-order valence-electron chi connectivity index (χ3n) is 3.04. The zero-order chi connectivity index (χ0) is 15.6. The minimum Gasteiger partial charge on any atom is -0.468 e. The van der Waals surface area contributed by atoms with E-state index in [1.54, 1.807) is 13.0 Å². The molecule has 3 atom stereocenters. The second-order valence-corrected chi connectivity index (χ2v) is 4.54. The molecule has 21 heavy (non-hydrogen) atoms. The maximum atomic E-state index is 11.4. The summed E-state index contributed by atoms with van der Waals surface area (Å²) >= 11 is 0. The monoisotopic (exact) mass is 296 g/mol. The van der Waals surface area contributed by atoms with Gasteiger partial charge in [-0.2, -0.15) is 0 Å². The number of methoxy groups -OCH3 is 1. The van der Waals surface area contributed by atoms with Crippen LogP contribution in [0.5, 0.6) is 0 Å². The molecule has 0 spiro atoms. The molecule has 0 radical (unpaired) electrons. The topological polar surface area (TPSA) is 144 Å². The van der Waals surface area contributed by atoms with Crippen LogP contribution in [-0.4, -0.2) is 41.4 Å². The number of nitrogens with one attached hydrogen (secondary N) is 3. The predicted molar refractivity (Wildman–Crippen MR) is 75.1 cm³/mol. The van der Waals surface area contributed by atoms with Gasteiger partial charge >= 0.3 is 12.1 Å². The van der Waals surface area contributed by atoms with Crippen molar-refractivity contribution in [3.05, 3.63) is 22.2 Å². The number of aromatic nitrogens is 1. The molecule has 5 N–H and O–H groups in total. The Morgan fingerprint density at radius 1 is 1.57 bits per heavy atom. The summed E-state index contributed by atoms with van der Waals surface area (Å²) in [5.74, 6) is 0.135. The zero-order valence-electron chi connectivity index (χ0n) is 11.5. The number of carbonyl (C=O) groups is 1. The Labute approximate surface area is 120 Å². The lowest BCUT2D eigenvalue weighted by molar-refractivity contribution is -0.518. The van der Waals surface area contributed by atoms with Gasteiger partial charge in [0.05, 0.1) is 12.8 Å². The Bertz CT molecular complexity index is 566. The third kappa shape index (κ3) is 3.11. The molecule has 0 amide bonds. The maximum Gasteiger partial charge on any atom is 0.322 e. The molecular formula is C11H16N6O4. The number of nitrogens with zero attached hydrogens (tertiary/aromatic N) is 2. The number of pyridine rings is 1. The number of nitrogen functional groups attached to an aromatic ring is 1. The number of nitrogens with two attached hydrogens (primary N) is 1. The summed E-state index contributed by atoms with van der Waals surface area (Å²) in [6.45, 7) is 1.55. The molecule has 0 bridgehead atoms. The molecule has 1 aliphatic heterocycles. The van der Waals surface area contributed by atoms with Crippen molar-refractivity contribution < 1.29 is 14.5 Å². The first-order valence-corrected chi connectivity index (χ1v) is 6.19. The summed E-state index contributed by atoms with van der Waals surface area (Å²) in [6, 6.07) is 2.41. The number of rotatable bonds is 4. The van der Waals surface area contributed by atoms with Gasteiger partial charge in [0.2, 0.25) is 0 Å². The summed E-state index contributed by atoms with van der Waals surface area (Å²) in [5, 5.41) is 19.6. The molecule has 0 aromatic carbocycles. The summed E-state index contributed by atoms with van der Waals surface area (Å²) < 4.78 is 4.58. The molecule has 0 saturated carbocycles. The van der Waals surface area contributed by atoms with E-state index in [0.717, 1.165) is 0 Å². The Kier molecular flexibility index (Phi) is 4.08. The largest absolute Gasteiger partial charge is 0.468 e. The smallest absolute Gasteiger partial charge is 0.322 e. The second kappa shape index (κ2) is 5.79. The lowest BCUT2D eigenvalue weighted by Gasteiger charge is -2.31. The van der Waals surface area contributed by atoms with Crippen LogP contribution in [0.3, 0.4) is 0 Å². The van der Waals surface area contributed by atoms with Crippen LogP contribution in [-0.2, 0) is 9.53 Å². The van der Waals surface area contributed by atoms with E-state index >= 15 is 0 Å². The van der Waals surface area contributed by atoms with E-state index < -0.39 is 29.3 Å². The number of carbonyl (C=O) groups excluding carboxylic acids is 1. The van der Waals surface area contributed by atoms with Crippen LogP contribution in [0, 0.1) is 10.1 Å². The molecule has 0 fully saturated rings. The number of ether oxygens (including phenoxy) is 1. The van der Waals surface area contributed by atoms with Crippen molar-refractivity contribution in [2.75, 3.05) is 23.5 Å². The Hall–Kier alpha value is -2.62. The molecule has 1 aromatic rings. The molecule has 10 nitrogen and oxygen atoms in total. The van der Waals surface area contributed by atoms with Crippen molar-refractivity contribution in [1.82, 2.24) is 10.3 Å².